The average Bonchev–Trinajstić information content (AvgIpc) is 3.04. The van der Waals surface area contributed by atoms with Gasteiger partial charge in [0.2, 0.25) is 11.6 Å². The van der Waals surface area contributed by atoms with Gasteiger partial charge in [-0.3, -0.25) is 10.2 Å². The Hall–Kier alpha value is -2.91. The Morgan fingerprint density at radius 2 is 1.72 bits per heavy atom. The van der Waals surface area contributed by atoms with Crippen molar-refractivity contribution in [2.75, 3.05) is 5.43 Å². The molecule has 2 rings (SSSR count). The Balaban J connectivity index is 2.10. The summed E-state index contributed by atoms with van der Waals surface area (Å²) in [4.78, 5) is 12.2. The molecule has 0 atom stereocenters. The smallest absolute Gasteiger partial charge is 0.264 e. The predicted molar refractivity (Wildman–Crippen MR) is 90.6 cm³/mol. The van der Waals surface area contributed by atoms with Gasteiger partial charge in [-0.25, -0.2) is 13.1 Å². The second-order valence-corrected chi connectivity index (χ2v) is 7.70. The Morgan fingerprint density at radius 1 is 1.16 bits per heavy atom. The molecule has 2 N–H and O–H groups in total. The van der Waals surface area contributed by atoms with Gasteiger partial charge in [-0.05, 0) is 37.1 Å². The van der Waals surface area contributed by atoms with Crippen LogP contribution >= 0.6 is 0 Å². The van der Waals surface area contributed by atoms with Crippen molar-refractivity contribution in [3.8, 4) is 12.1 Å². The van der Waals surface area contributed by atoms with Crippen LogP contribution in [-0.4, -0.2) is 20.0 Å². The molecule has 1 aliphatic carbocycles. The molecule has 1 saturated carbocycles. The highest BCUT2D eigenvalue weighted by atomic mass is 32.2. The van der Waals surface area contributed by atoms with E-state index in [1.807, 2.05) is 0 Å². The Morgan fingerprint density at radius 3 is 2.24 bits per heavy atom. The lowest BCUT2D eigenvalue weighted by atomic mass is 9.88. The fraction of sp³-hybridized carbons (Fsp3) is 0.375. The molecule has 1 fully saturated rings. The lowest BCUT2D eigenvalue weighted by molar-refractivity contribution is -0.127. The number of carbonyl (C=O) groups excluding carboxylic acids is 1. The van der Waals surface area contributed by atoms with Crippen LogP contribution in [0.1, 0.15) is 32.6 Å². The first-order valence-electron chi connectivity index (χ1n) is 7.62. The van der Waals surface area contributed by atoms with Gasteiger partial charge in [-0.15, -0.1) is 0 Å². The quantitative estimate of drug-likeness (QED) is 0.609. The van der Waals surface area contributed by atoms with Crippen molar-refractivity contribution in [1.29, 1.82) is 10.5 Å². The topological polar surface area (TPSA) is 135 Å². The number of hydrazone groups is 1. The molecule has 8 nitrogen and oxygen atoms in total. The SMILES string of the molecule is CC1(C(=O)NS(=O)(=O)c2ccc(NN=C(C#N)C#N)cc2)CCCC1. The summed E-state index contributed by atoms with van der Waals surface area (Å²) in [5.41, 5.74) is 1.88. The summed E-state index contributed by atoms with van der Waals surface area (Å²) in [5.74, 6) is -0.482. The van der Waals surface area contributed by atoms with E-state index in [2.05, 4.69) is 15.2 Å². The number of nitrogens with zero attached hydrogens (tertiary/aromatic N) is 3. The number of carbonyl (C=O) groups is 1. The highest BCUT2D eigenvalue weighted by Gasteiger charge is 2.38. The Bertz CT molecular complexity index is 854. The standard InChI is InChI=1S/C16H17N5O3S/c1-16(8-2-3-9-16)15(22)21-25(23,24)14-6-4-12(5-7-14)19-20-13(10-17)11-18/h4-7,19H,2-3,8-9H2,1H3,(H,21,22). The number of hydrogen-bond donors (Lipinski definition) is 2. The van der Waals surface area contributed by atoms with E-state index >= 15 is 0 Å². The maximum absolute atomic E-state index is 12.3. The molecule has 1 aromatic carbocycles. The molecule has 9 heteroatoms. The molecule has 0 aliphatic heterocycles. The number of nitrogens with one attached hydrogen (secondary N) is 2. The molecule has 0 aromatic heterocycles. The summed E-state index contributed by atoms with van der Waals surface area (Å²) < 4.78 is 26.8. The van der Waals surface area contributed by atoms with Crippen molar-refractivity contribution in [3.63, 3.8) is 0 Å². The second-order valence-electron chi connectivity index (χ2n) is 6.02. The van der Waals surface area contributed by atoms with Crippen molar-refractivity contribution < 1.29 is 13.2 Å². The second kappa shape index (κ2) is 7.32. The van der Waals surface area contributed by atoms with Crippen LogP contribution in [0.4, 0.5) is 5.69 Å². The van der Waals surface area contributed by atoms with E-state index in [-0.39, 0.29) is 10.6 Å². The van der Waals surface area contributed by atoms with Crippen LogP contribution in [0.3, 0.4) is 0 Å². The predicted octanol–water partition coefficient (Wildman–Crippen LogP) is 1.89. The number of hydrogen-bond acceptors (Lipinski definition) is 7. The van der Waals surface area contributed by atoms with Crippen molar-refractivity contribution >= 4 is 27.3 Å². The van der Waals surface area contributed by atoms with Crippen molar-refractivity contribution in [2.24, 2.45) is 10.5 Å². The fourth-order valence-corrected chi connectivity index (χ4v) is 3.69. The normalized spacial score (nSPS) is 15.5. The van der Waals surface area contributed by atoms with Crippen molar-refractivity contribution in [2.45, 2.75) is 37.5 Å². The van der Waals surface area contributed by atoms with Gasteiger partial charge in [0.15, 0.2) is 0 Å². The first kappa shape index (κ1) is 18.4. The molecule has 1 aliphatic rings. The van der Waals surface area contributed by atoms with Gasteiger partial charge in [-0.1, -0.05) is 19.8 Å². The summed E-state index contributed by atoms with van der Waals surface area (Å²) in [6.07, 6.45) is 3.18. The third kappa shape index (κ3) is 4.34. The van der Waals surface area contributed by atoms with Gasteiger partial charge >= 0.3 is 0 Å². The number of sulfonamides is 1. The first-order valence-corrected chi connectivity index (χ1v) is 9.10. The van der Waals surface area contributed by atoms with E-state index in [1.54, 1.807) is 19.1 Å². The zero-order valence-corrected chi connectivity index (χ0v) is 14.4. The molecule has 0 saturated heterocycles. The minimum absolute atomic E-state index is 0.0576. The van der Waals surface area contributed by atoms with Crippen LogP contribution in [0, 0.1) is 28.1 Å². The molecule has 1 amide bonds. The maximum atomic E-state index is 12.3. The first-order chi connectivity index (χ1) is 11.8. The molecule has 0 unspecified atom stereocenters. The summed E-state index contributed by atoms with van der Waals surface area (Å²) in [6, 6.07) is 8.65. The summed E-state index contributed by atoms with van der Waals surface area (Å²) in [5, 5.41) is 20.7. The molecule has 1 aromatic rings. The zero-order chi connectivity index (χ0) is 18.5. The monoisotopic (exact) mass is 359 g/mol. The van der Waals surface area contributed by atoms with Gasteiger partial charge in [-0.2, -0.15) is 15.6 Å². The van der Waals surface area contributed by atoms with Gasteiger partial charge < -0.3 is 0 Å². The lowest BCUT2D eigenvalue weighted by Crippen LogP contribution is -2.40. The van der Waals surface area contributed by atoms with Crippen LogP contribution in [0.25, 0.3) is 0 Å². The molecule has 0 heterocycles. The Labute approximate surface area is 146 Å². The van der Waals surface area contributed by atoms with E-state index in [9.17, 15) is 13.2 Å². The molecular formula is C16H17N5O3S. The third-order valence-electron chi connectivity index (χ3n) is 4.16. The molecule has 0 radical (unpaired) electrons. The molecule has 0 bridgehead atoms. The van der Waals surface area contributed by atoms with Crippen LogP contribution in [-0.2, 0) is 14.8 Å². The fourth-order valence-electron chi connectivity index (χ4n) is 2.59. The molecule has 25 heavy (non-hydrogen) atoms. The number of nitriles is 2. The van der Waals surface area contributed by atoms with Crippen LogP contribution in [0.15, 0.2) is 34.3 Å². The molecular weight excluding hydrogens is 342 g/mol. The van der Waals surface area contributed by atoms with E-state index in [4.69, 9.17) is 10.5 Å². The van der Waals surface area contributed by atoms with Gasteiger partial charge in [0, 0.05) is 5.41 Å². The Kier molecular flexibility index (Phi) is 5.40. The van der Waals surface area contributed by atoms with Crippen LogP contribution in [0.5, 0.6) is 0 Å². The van der Waals surface area contributed by atoms with Crippen molar-refractivity contribution in [1.82, 2.24) is 4.72 Å². The summed E-state index contributed by atoms with van der Waals surface area (Å²) >= 11 is 0. The number of amides is 1. The summed E-state index contributed by atoms with van der Waals surface area (Å²) in [7, 11) is -3.96. The van der Waals surface area contributed by atoms with E-state index in [0.29, 0.717) is 18.5 Å². The highest BCUT2D eigenvalue weighted by Crippen LogP contribution is 2.37. The van der Waals surface area contributed by atoms with Crippen LogP contribution < -0.4 is 10.1 Å². The largest absolute Gasteiger partial charge is 0.277 e. The van der Waals surface area contributed by atoms with E-state index in [1.165, 1.54) is 24.3 Å². The number of benzene rings is 1. The zero-order valence-electron chi connectivity index (χ0n) is 13.6. The minimum atomic E-state index is -3.96. The van der Waals surface area contributed by atoms with Crippen LogP contribution in [0.2, 0.25) is 0 Å². The summed E-state index contributed by atoms with van der Waals surface area (Å²) in [6.45, 7) is 1.78. The lowest BCUT2D eigenvalue weighted by Gasteiger charge is -2.22. The van der Waals surface area contributed by atoms with E-state index < -0.39 is 21.3 Å². The minimum Gasteiger partial charge on any atom is -0.277 e. The maximum Gasteiger partial charge on any atom is 0.264 e. The van der Waals surface area contributed by atoms with E-state index in [0.717, 1.165) is 12.8 Å². The van der Waals surface area contributed by atoms with Gasteiger partial charge in [0.1, 0.15) is 12.1 Å². The molecule has 130 valence electrons. The highest BCUT2D eigenvalue weighted by molar-refractivity contribution is 7.90. The van der Waals surface area contributed by atoms with Crippen molar-refractivity contribution in [3.05, 3.63) is 24.3 Å². The number of rotatable bonds is 5. The average molecular weight is 359 g/mol. The number of anilines is 1. The molecule has 0 spiro atoms. The third-order valence-corrected chi connectivity index (χ3v) is 5.50. The van der Waals surface area contributed by atoms with Gasteiger partial charge in [0.05, 0.1) is 10.6 Å². The van der Waals surface area contributed by atoms with Gasteiger partial charge in [0.25, 0.3) is 10.0 Å².